The average molecular weight is 253 g/mol. The molecule has 0 aliphatic carbocycles. The first-order valence-corrected chi connectivity index (χ1v) is 6.95. The third-order valence-corrected chi connectivity index (χ3v) is 3.39. The summed E-state index contributed by atoms with van der Waals surface area (Å²) in [5, 5.41) is 3.54. The summed E-state index contributed by atoms with van der Waals surface area (Å²) in [7, 11) is 3.86. The van der Waals surface area contributed by atoms with E-state index < -0.39 is 0 Å². The minimum atomic E-state index is 0.301. The van der Waals surface area contributed by atoms with Crippen LogP contribution in [-0.4, -0.2) is 35.4 Å². The van der Waals surface area contributed by atoms with Gasteiger partial charge in [0.25, 0.3) is 0 Å². The Morgan fingerprint density at radius 2 is 2.17 bits per heavy atom. The van der Waals surface area contributed by atoms with E-state index in [1.807, 2.05) is 26.6 Å². The monoisotopic (exact) mass is 253 g/mol. The molecule has 1 heterocycles. The van der Waals surface area contributed by atoms with E-state index in [0.29, 0.717) is 12.1 Å². The Kier molecular flexibility index (Phi) is 6.98. The quantitative estimate of drug-likeness (QED) is 0.733. The molecule has 0 fully saturated rings. The van der Waals surface area contributed by atoms with Crippen molar-refractivity contribution in [2.45, 2.75) is 51.7 Å². The Labute approximate surface area is 111 Å². The Morgan fingerprint density at radius 1 is 1.39 bits per heavy atom. The van der Waals surface area contributed by atoms with Crippen LogP contribution in [0.2, 0.25) is 0 Å². The van der Waals surface area contributed by atoms with Crippen molar-refractivity contribution in [2.24, 2.45) is 7.05 Å². The highest BCUT2D eigenvalue weighted by molar-refractivity contribution is 4.93. The molecule has 0 amide bonds. The number of hydrogen-bond acceptors (Lipinski definition) is 3. The van der Waals surface area contributed by atoms with Gasteiger partial charge in [-0.3, -0.25) is 0 Å². The molecule has 0 aromatic carbocycles. The van der Waals surface area contributed by atoms with E-state index in [0.717, 1.165) is 38.1 Å². The van der Waals surface area contributed by atoms with E-state index in [2.05, 4.69) is 28.7 Å². The van der Waals surface area contributed by atoms with Crippen molar-refractivity contribution in [3.05, 3.63) is 18.2 Å². The molecule has 0 spiro atoms. The minimum absolute atomic E-state index is 0.301. The molecule has 4 nitrogen and oxygen atoms in total. The number of ether oxygens (including phenoxy) is 1. The topological polar surface area (TPSA) is 39.1 Å². The molecule has 1 aromatic heterocycles. The summed E-state index contributed by atoms with van der Waals surface area (Å²) in [5.74, 6) is 1.14. The summed E-state index contributed by atoms with van der Waals surface area (Å²) in [6.45, 7) is 5.33. The van der Waals surface area contributed by atoms with E-state index in [1.165, 1.54) is 0 Å². The SMILES string of the molecule is CCCC(OC)C(CCc1nccn1C)NCC. The zero-order chi connectivity index (χ0) is 13.4. The van der Waals surface area contributed by atoms with Gasteiger partial charge in [0, 0.05) is 39.0 Å². The van der Waals surface area contributed by atoms with E-state index in [4.69, 9.17) is 4.74 Å². The van der Waals surface area contributed by atoms with E-state index in [9.17, 15) is 0 Å². The molecule has 0 aliphatic heterocycles. The highest BCUT2D eigenvalue weighted by Crippen LogP contribution is 2.12. The molecule has 104 valence electrons. The lowest BCUT2D eigenvalue weighted by Gasteiger charge is -2.26. The Hall–Kier alpha value is -0.870. The predicted molar refractivity (Wildman–Crippen MR) is 74.7 cm³/mol. The van der Waals surface area contributed by atoms with Crippen molar-refractivity contribution in [3.63, 3.8) is 0 Å². The smallest absolute Gasteiger partial charge is 0.108 e. The van der Waals surface area contributed by atoms with Crippen molar-refractivity contribution in [3.8, 4) is 0 Å². The first-order valence-electron chi connectivity index (χ1n) is 6.95. The van der Waals surface area contributed by atoms with Crippen LogP contribution < -0.4 is 5.32 Å². The van der Waals surface area contributed by atoms with E-state index >= 15 is 0 Å². The zero-order valence-corrected chi connectivity index (χ0v) is 12.1. The molecule has 0 saturated carbocycles. The first-order chi connectivity index (χ1) is 8.72. The molecule has 1 rings (SSSR count). The summed E-state index contributed by atoms with van der Waals surface area (Å²) in [6, 6.07) is 0.414. The van der Waals surface area contributed by atoms with Gasteiger partial charge in [-0.2, -0.15) is 0 Å². The van der Waals surface area contributed by atoms with Gasteiger partial charge in [-0.05, 0) is 19.4 Å². The zero-order valence-electron chi connectivity index (χ0n) is 12.1. The standard InChI is InChI=1S/C14H27N3O/c1-5-7-13(18-4)12(15-6-2)8-9-14-16-10-11-17(14)3/h10-13,15H,5-9H2,1-4H3. The van der Waals surface area contributed by atoms with Gasteiger partial charge >= 0.3 is 0 Å². The van der Waals surface area contributed by atoms with Crippen molar-refractivity contribution >= 4 is 0 Å². The molecule has 0 saturated heterocycles. The third-order valence-electron chi connectivity index (χ3n) is 3.39. The predicted octanol–water partition coefficient (Wildman–Crippen LogP) is 2.15. The van der Waals surface area contributed by atoms with Crippen LogP contribution in [0, 0.1) is 0 Å². The molecule has 0 bridgehead atoms. The Balaban J connectivity index is 2.53. The Bertz CT molecular complexity index is 325. The van der Waals surface area contributed by atoms with Gasteiger partial charge in [-0.15, -0.1) is 0 Å². The fraction of sp³-hybridized carbons (Fsp3) is 0.786. The Morgan fingerprint density at radius 3 is 2.67 bits per heavy atom. The van der Waals surface area contributed by atoms with Crippen molar-refractivity contribution in [1.29, 1.82) is 0 Å². The maximum absolute atomic E-state index is 5.62. The van der Waals surface area contributed by atoms with Gasteiger partial charge in [0.05, 0.1) is 6.10 Å². The normalized spacial score (nSPS) is 14.7. The summed E-state index contributed by atoms with van der Waals surface area (Å²) < 4.78 is 7.70. The molecule has 0 aliphatic rings. The number of likely N-dealkylation sites (N-methyl/N-ethyl adjacent to an activating group) is 1. The van der Waals surface area contributed by atoms with Gasteiger partial charge < -0.3 is 14.6 Å². The third kappa shape index (κ3) is 4.42. The number of hydrogen-bond donors (Lipinski definition) is 1. The average Bonchev–Trinajstić information content (AvgIpc) is 2.77. The molecule has 2 atom stereocenters. The van der Waals surface area contributed by atoms with Gasteiger partial charge in [0.1, 0.15) is 5.82 Å². The highest BCUT2D eigenvalue weighted by Gasteiger charge is 2.19. The van der Waals surface area contributed by atoms with Crippen LogP contribution >= 0.6 is 0 Å². The lowest BCUT2D eigenvalue weighted by Crippen LogP contribution is -2.41. The van der Waals surface area contributed by atoms with Crippen LogP contribution in [0.15, 0.2) is 12.4 Å². The van der Waals surface area contributed by atoms with Gasteiger partial charge in [-0.25, -0.2) is 4.98 Å². The number of aryl methyl sites for hydroxylation is 2. The van der Waals surface area contributed by atoms with Crippen molar-refractivity contribution in [2.75, 3.05) is 13.7 Å². The summed E-state index contributed by atoms with van der Waals surface area (Å²) in [6.07, 6.45) is 8.48. The van der Waals surface area contributed by atoms with Crippen LogP contribution in [0.3, 0.4) is 0 Å². The highest BCUT2D eigenvalue weighted by atomic mass is 16.5. The number of aromatic nitrogens is 2. The maximum Gasteiger partial charge on any atom is 0.108 e. The van der Waals surface area contributed by atoms with Crippen LogP contribution in [0.5, 0.6) is 0 Å². The molecule has 18 heavy (non-hydrogen) atoms. The fourth-order valence-electron chi connectivity index (χ4n) is 2.37. The van der Waals surface area contributed by atoms with Gasteiger partial charge in [0.15, 0.2) is 0 Å². The van der Waals surface area contributed by atoms with Crippen LogP contribution in [0.25, 0.3) is 0 Å². The van der Waals surface area contributed by atoms with Gasteiger partial charge in [0.2, 0.25) is 0 Å². The second kappa shape index (κ2) is 8.27. The number of imidazole rings is 1. The maximum atomic E-state index is 5.62. The number of nitrogens with zero attached hydrogens (tertiary/aromatic N) is 2. The van der Waals surface area contributed by atoms with Crippen molar-refractivity contribution in [1.82, 2.24) is 14.9 Å². The number of methoxy groups -OCH3 is 1. The molecular formula is C14H27N3O. The molecule has 0 radical (unpaired) electrons. The minimum Gasteiger partial charge on any atom is -0.380 e. The van der Waals surface area contributed by atoms with Crippen LogP contribution in [0.1, 0.15) is 38.9 Å². The van der Waals surface area contributed by atoms with E-state index in [-0.39, 0.29) is 0 Å². The molecule has 4 heteroatoms. The molecular weight excluding hydrogens is 226 g/mol. The van der Waals surface area contributed by atoms with E-state index in [1.54, 1.807) is 0 Å². The number of nitrogens with one attached hydrogen (secondary N) is 1. The van der Waals surface area contributed by atoms with Crippen LogP contribution in [-0.2, 0) is 18.2 Å². The summed E-state index contributed by atoms with van der Waals surface area (Å²) >= 11 is 0. The number of rotatable bonds is 9. The van der Waals surface area contributed by atoms with Gasteiger partial charge in [-0.1, -0.05) is 20.3 Å². The largest absolute Gasteiger partial charge is 0.380 e. The van der Waals surface area contributed by atoms with Crippen molar-refractivity contribution < 1.29 is 4.74 Å². The fourth-order valence-corrected chi connectivity index (χ4v) is 2.37. The first kappa shape index (κ1) is 15.2. The molecule has 1 N–H and O–H groups in total. The second-order valence-electron chi connectivity index (χ2n) is 4.72. The molecule has 1 aromatic rings. The molecule has 2 unspecified atom stereocenters. The second-order valence-corrected chi connectivity index (χ2v) is 4.72. The van der Waals surface area contributed by atoms with Crippen LogP contribution in [0.4, 0.5) is 0 Å². The lowest BCUT2D eigenvalue weighted by atomic mass is 10.0. The summed E-state index contributed by atoms with van der Waals surface area (Å²) in [5.41, 5.74) is 0. The summed E-state index contributed by atoms with van der Waals surface area (Å²) in [4.78, 5) is 4.37. The lowest BCUT2D eigenvalue weighted by molar-refractivity contribution is 0.0585.